The SMILES string of the molecule is O=c1cc(CNc2ccc(Br)c(Cl)c2)nc2ccccn12. The van der Waals surface area contributed by atoms with Crippen LogP contribution >= 0.6 is 27.5 Å². The van der Waals surface area contributed by atoms with Gasteiger partial charge >= 0.3 is 0 Å². The van der Waals surface area contributed by atoms with Crippen LogP contribution in [0.2, 0.25) is 5.02 Å². The van der Waals surface area contributed by atoms with Crippen LogP contribution in [0.4, 0.5) is 5.69 Å². The monoisotopic (exact) mass is 363 g/mol. The maximum atomic E-state index is 12.0. The van der Waals surface area contributed by atoms with Crippen molar-refractivity contribution in [2.75, 3.05) is 5.32 Å². The predicted octanol–water partition coefficient (Wildman–Crippen LogP) is 3.72. The summed E-state index contributed by atoms with van der Waals surface area (Å²) in [7, 11) is 0. The smallest absolute Gasteiger partial charge is 0.258 e. The lowest BCUT2D eigenvalue weighted by Gasteiger charge is -2.08. The molecule has 0 aliphatic heterocycles. The number of nitrogens with zero attached hydrogens (tertiary/aromatic N) is 2. The number of rotatable bonds is 3. The Morgan fingerprint density at radius 3 is 2.90 bits per heavy atom. The topological polar surface area (TPSA) is 46.4 Å². The van der Waals surface area contributed by atoms with Crippen molar-refractivity contribution in [2.24, 2.45) is 0 Å². The van der Waals surface area contributed by atoms with E-state index in [0.29, 0.717) is 22.9 Å². The summed E-state index contributed by atoms with van der Waals surface area (Å²) in [5.74, 6) is 0. The van der Waals surface area contributed by atoms with Crippen LogP contribution in [0, 0.1) is 0 Å². The minimum atomic E-state index is -0.0914. The van der Waals surface area contributed by atoms with Crippen LogP contribution in [0.15, 0.2) is 57.9 Å². The highest BCUT2D eigenvalue weighted by atomic mass is 79.9. The van der Waals surface area contributed by atoms with Gasteiger partial charge in [-0.1, -0.05) is 17.7 Å². The maximum absolute atomic E-state index is 12.0. The summed E-state index contributed by atoms with van der Waals surface area (Å²) in [5, 5.41) is 3.84. The molecular formula is C15H11BrClN3O. The Morgan fingerprint density at radius 2 is 2.10 bits per heavy atom. The second kappa shape index (κ2) is 5.87. The molecular weight excluding hydrogens is 354 g/mol. The molecule has 0 radical (unpaired) electrons. The molecule has 0 unspecified atom stereocenters. The van der Waals surface area contributed by atoms with E-state index in [-0.39, 0.29) is 5.56 Å². The first kappa shape index (κ1) is 14.1. The Kier molecular flexibility index (Phi) is 3.94. The zero-order valence-corrected chi connectivity index (χ0v) is 13.2. The Balaban J connectivity index is 1.85. The van der Waals surface area contributed by atoms with Crippen LogP contribution in [0.1, 0.15) is 5.69 Å². The van der Waals surface area contributed by atoms with E-state index in [4.69, 9.17) is 11.6 Å². The fourth-order valence-corrected chi connectivity index (χ4v) is 2.42. The molecule has 0 aliphatic rings. The third-order valence-electron chi connectivity index (χ3n) is 3.02. The summed E-state index contributed by atoms with van der Waals surface area (Å²) in [6, 6.07) is 12.6. The highest BCUT2D eigenvalue weighted by molar-refractivity contribution is 9.10. The molecule has 1 N–H and O–H groups in total. The van der Waals surface area contributed by atoms with Gasteiger partial charge in [0, 0.05) is 22.4 Å². The van der Waals surface area contributed by atoms with E-state index in [9.17, 15) is 4.79 Å². The largest absolute Gasteiger partial charge is 0.379 e. The van der Waals surface area contributed by atoms with E-state index in [2.05, 4.69) is 26.2 Å². The summed E-state index contributed by atoms with van der Waals surface area (Å²) in [5.41, 5.74) is 2.10. The summed E-state index contributed by atoms with van der Waals surface area (Å²) in [6.07, 6.45) is 1.70. The van der Waals surface area contributed by atoms with Gasteiger partial charge in [-0.2, -0.15) is 0 Å². The van der Waals surface area contributed by atoms with Gasteiger partial charge in [0.05, 0.1) is 17.3 Å². The molecule has 2 heterocycles. The molecule has 0 bridgehead atoms. The molecule has 0 amide bonds. The minimum Gasteiger partial charge on any atom is -0.379 e. The number of hydrogen-bond donors (Lipinski definition) is 1. The van der Waals surface area contributed by atoms with Gasteiger partial charge < -0.3 is 5.32 Å². The van der Waals surface area contributed by atoms with Gasteiger partial charge in [-0.15, -0.1) is 0 Å². The molecule has 0 spiro atoms. The summed E-state index contributed by atoms with van der Waals surface area (Å²) >= 11 is 9.39. The Morgan fingerprint density at radius 1 is 1.24 bits per heavy atom. The first-order valence-electron chi connectivity index (χ1n) is 6.30. The van der Waals surface area contributed by atoms with Crippen molar-refractivity contribution >= 4 is 38.9 Å². The van der Waals surface area contributed by atoms with E-state index in [1.165, 1.54) is 10.5 Å². The van der Waals surface area contributed by atoms with Gasteiger partial charge in [-0.05, 0) is 46.3 Å². The van der Waals surface area contributed by atoms with Crippen LogP contribution in [-0.2, 0) is 6.54 Å². The van der Waals surface area contributed by atoms with Crippen molar-refractivity contribution in [3.05, 3.63) is 74.2 Å². The molecule has 0 atom stereocenters. The van der Waals surface area contributed by atoms with Crippen LogP contribution < -0.4 is 10.9 Å². The molecule has 3 aromatic rings. The Hall–Kier alpha value is -1.85. The number of aromatic nitrogens is 2. The second-order valence-electron chi connectivity index (χ2n) is 4.50. The fraction of sp³-hybridized carbons (Fsp3) is 0.0667. The molecule has 4 nitrogen and oxygen atoms in total. The average Bonchev–Trinajstić information content (AvgIpc) is 2.49. The molecule has 2 aromatic heterocycles. The third kappa shape index (κ3) is 3.09. The summed E-state index contributed by atoms with van der Waals surface area (Å²) in [4.78, 5) is 16.4. The number of nitrogens with one attached hydrogen (secondary N) is 1. The van der Waals surface area contributed by atoms with Crippen LogP contribution in [-0.4, -0.2) is 9.38 Å². The lowest BCUT2D eigenvalue weighted by atomic mass is 10.3. The van der Waals surface area contributed by atoms with Gasteiger partial charge in [-0.3, -0.25) is 9.20 Å². The van der Waals surface area contributed by atoms with E-state index < -0.39 is 0 Å². The number of benzene rings is 1. The molecule has 0 saturated carbocycles. The normalized spacial score (nSPS) is 10.8. The standard InChI is InChI=1S/C15H11BrClN3O/c16-12-5-4-10(7-13(12)17)18-9-11-8-15(21)20-6-2-1-3-14(20)19-11/h1-8,18H,9H2. The summed E-state index contributed by atoms with van der Waals surface area (Å²) < 4.78 is 2.36. The van der Waals surface area contributed by atoms with Crippen molar-refractivity contribution in [1.29, 1.82) is 0 Å². The van der Waals surface area contributed by atoms with Crippen molar-refractivity contribution in [3.8, 4) is 0 Å². The second-order valence-corrected chi connectivity index (χ2v) is 5.76. The maximum Gasteiger partial charge on any atom is 0.258 e. The molecule has 0 saturated heterocycles. The Bertz CT molecular complexity index is 863. The van der Waals surface area contributed by atoms with Gasteiger partial charge in [0.15, 0.2) is 0 Å². The quantitative estimate of drug-likeness (QED) is 0.770. The molecule has 0 fully saturated rings. The fourth-order valence-electron chi connectivity index (χ4n) is 1.99. The lowest BCUT2D eigenvalue weighted by molar-refractivity contribution is 0.971. The minimum absolute atomic E-state index is 0.0914. The molecule has 21 heavy (non-hydrogen) atoms. The molecule has 1 aromatic carbocycles. The number of anilines is 1. The first-order chi connectivity index (χ1) is 10.1. The van der Waals surface area contributed by atoms with Crippen LogP contribution in [0.3, 0.4) is 0 Å². The average molecular weight is 365 g/mol. The molecule has 0 aliphatic carbocycles. The molecule has 3 rings (SSSR count). The van der Waals surface area contributed by atoms with Crippen LogP contribution in [0.25, 0.3) is 5.65 Å². The highest BCUT2D eigenvalue weighted by Crippen LogP contribution is 2.25. The first-order valence-corrected chi connectivity index (χ1v) is 7.47. The van der Waals surface area contributed by atoms with Crippen LogP contribution in [0.5, 0.6) is 0 Å². The van der Waals surface area contributed by atoms with E-state index in [1.54, 1.807) is 18.3 Å². The van der Waals surface area contributed by atoms with Gasteiger partial charge in [0.2, 0.25) is 0 Å². The summed E-state index contributed by atoms with van der Waals surface area (Å²) in [6.45, 7) is 0.457. The highest BCUT2D eigenvalue weighted by Gasteiger charge is 2.03. The van der Waals surface area contributed by atoms with Crippen molar-refractivity contribution in [1.82, 2.24) is 9.38 Å². The number of fused-ring (bicyclic) bond motifs is 1. The van der Waals surface area contributed by atoms with E-state index >= 15 is 0 Å². The van der Waals surface area contributed by atoms with Crippen molar-refractivity contribution in [3.63, 3.8) is 0 Å². The third-order valence-corrected chi connectivity index (χ3v) is 4.25. The predicted molar refractivity (Wildman–Crippen MR) is 87.9 cm³/mol. The number of hydrogen-bond acceptors (Lipinski definition) is 3. The number of pyridine rings is 1. The number of halogens is 2. The van der Waals surface area contributed by atoms with Gasteiger partial charge in [0.25, 0.3) is 5.56 Å². The zero-order chi connectivity index (χ0) is 14.8. The Labute approximate surface area is 134 Å². The van der Waals surface area contributed by atoms with E-state index in [0.717, 1.165) is 10.2 Å². The van der Waals surface area contributed by atoms with E-state index in [1.807, 2.05) is 24.3 Å². The molecule has 6 heteroatoms. The lowest BCUT2D eigenvalue weighted by Crippen LogP contribution is -2.16. The zero-order valence-electron chi connectivity index (χ0n) is 10.9. The van der Waals surface area contributed by atoms with Crippen molar-refractivity contribution < 1.29 is 0 Å². The van der Waals surface area contributed by atoms with Crippen molar-refractivity contribution in [2.45, 2.75) is 6.54 Å². The van der Waals surface area contributed by atoms with Gasteiger partial charge in [0.1, 0.15) is 5.65 Å². The molecule has 106 valence electrons. The van der Waals surface area contributed by atoms with Gasteiger partial charge in [-0.25, -0.2) is 4.98 Å².